The minimum Gasteiger partial charge on any atom is -0.271 e. The summed E-state index contributed by atoms with van der Waals surface area (Å²) in [6, 6.07) is 8.55. The van der Waals surface area contributed by atoms with E-state index >= 15 is 0 Å². The van der Waals surface area contributed by atoms with Crippen molar-refractivity contribution in [1.29, 1.82) is 0 Å². The van der Waals surface area contributed by atoms with Crippen LogP contribution in [0.2, 0.25) is 0 Å². The molecular weight excluding hydrogens is 253 g/mol. The van der Waals surface area contributed by atoms with Gasteiger partial charge in [-0.05, 0) is 47.9 Å². The van der Waals surface area contributed by atoms with Crippen molar-refractivity contribution in [2.45, 2.75) is 12.5 Å². The zero-order valence-corrected chi connectivity index (χ0v) is 10.0. The van der Waals surface area contributed by atoms with Crippen LogP contribution in [0.4, 0.5) is 13.2 Å². The minimum absolute atomic E-state index is 0.129. The standard InChI is InChI=1S/C14H13F3N2/c15-11-3-1-2-9(6-11)14(19-18)8-10-7-12(16)4-5-13(10)17/h1-7,14,19H,8,18H2. The van der Waals surface area contributed by atoms with Gasteiger partial charge in [0.25, 0.3) is 0 Å². The number of nitrogens with two attached hydrogens (primary N) is 1. The minimum atomic E-state index is -0.522. The SMILES string of the molecule is NNC(Cc1cc(F)ccc1F)c1cccc(F)c1. The van der Waals surface area contributed by atoms with Crippen molar-refractivity contribution in [3.05, 3.63) is 71.0 Å². The van der Waals surface area contributed by atoms with Crippen molar-refractivity contribution in [1.82, 2.24) is 5.43 Å². The summed E-state index contributed by atoms with van der Waals surface area (Å²) in [5.41, 5.74) is 3.25. The quantitative estimate of drug-likeness (QED) is 0.659. The van der Waals surface area contributed by atoms with E-state index in [1.54, 1.807) is 6.07 Å². The normalized spacial score (nSPS) is 12.4. The number of hydrogen-bond donors (Lipinski definition) is 2. The van der Waals surface area contributed by atoms with E-state index in [1.807, 2.05) is 0 Å². The van der Waals surface area contributed by atoms with E-state index in [0.29, 0.717) is 5.56 Å². The Morgan fingerprint density at radius 3 is 2.42 bits per heavy atom. The highest BCUT2D eigenvalue weighted by Crippen LogP contribution is 2.21. The maximum Gasteiger partial charge on any atom is 0.126 e. The molecule has 2 aromatic rings. The van der Waals surface area contributed by atoms with Crippen LogP contribution in [0.1, 0.15) is 17.2 Å². The van der Waals surface area contributed by atoms with Gasteiger partial charge < -0.3 is 0 Å². The Bertz CT molecular complexity index is 572. The van der Waals surface area contributed by atoms with E-state index in [-0.39, 0.29) is 12.0 Å². The first kappa shape index (κ1) is 13.6. The average Bonchev–Trinajstić information content (AvgIpc) is 2.39. The summed E-state index contributed by atoms with van der Waals surface area (Å²) in [6.07, 6.45) is 0.129. The maximum absolute atomic E-state index is 13.6. The molecule has 0 spiro atoms. The van der Waals surface area contributed by atoms with E-state index in [2.05, 4.69) is 5.43 Å². The first-order chi connectivity index (χ1) is 9.10. The predicted octanol–water partition coefficient (Wildman–Crippen LogP) is 2.85. The lowest BCUT2D eigenvalue weighted by molar-refractivity contribution is 0.519. The van der Waals surface area contributed by atoms with E-state index in [0.717, 1.165) is 18.2 Å². The number of halogens is 3. The number of rotatable bonds is 4. The van der Waals surface area contributed by atoms with Gasteiger partial charge >= 0.3 is 0 Å². The third-order valence-corrected chi connectivity index (χ3v) is 2.88. The zero-order valence-electron chi connectivity index (χ0n) is 10.0. The molecule has 0 aliphatic rings. The number of nitrogens with one attached hydrogen (secondary N) is 1. The van der Waals surface area contributed by atoms with Crippen LogP contribution < -0.4 is 11.3 Å². The summed E-state index contributed by atoms with van der Waals surface area (Å²) >= 11 is 0. The molecule has 5 heteroatoms. The van der Waals surface area contributed by atoms with Gasteiger partial charge in [-0.3, -0.25) is 11.3 Å². The highest BCUT2D eigenvalue weighted by Gasteiger charge is 2.14. The van der Waals surface area contributed by atoms with Crippen molar-refractivity contribution < 1.29 is 13.2 Å². The molecule has 0 aliphatic heterocycles. The lowest BCUT2D eigenvalue weighted by Gasteiger charge is -2.17. The van der Waals surface area contributed by atoms with Crippen LogP contribution in [0.15, 0.2) is 42.5 Å². The Morgan fingerprint density at radius 2 is 1.74 bits per heavy atom. The topological polar surface area (TPSA) is 38.0 Å². The lowest BCUT2D eigenvalue weighted by atomic mass is 9.99. The van der Waals surface area contributed by atoms with Crippen LogP contribution in [0.5, 0.6) is 0 Å². The molecule has 0 aliphatic carbocycles. The van der Waals surface area contributed by atoms with Crippen LogP contribution in [0.3, 0.4) is 0 Å². The molecule has 2 rings (SSSR count). The fraction of sp³-hybridized carbons (Fsp3) is 0.143. The molecule has 0 saturated heterocycles. The fourth-order valence-corrected chi connectivity index (χ4v) is 1.92. The molecule has 2 aromatic carbocycles. The maximum atomic E-state index is 13.6. The number of benzene rings is 2. The summed E-state index contributed by atoms with van der Waals surface area (Å²) in [5, 5.41) is 0. The Balaban J connectivity index is 2.26. The van der Waals surface area contributed by atoms with Crippen LogP contribution in [0, 0.1) is 17.5 Å². The molecule has 0 aromatic heterocycles. The molecule has 1 unspecified atom stereocenters. The van der Waals surface area contributed by atoms with Gasteiger partial charge in [-0.1, -0.05) is 12.1 Å². The Hall–Kier alpha value is -1.85. The number of hydrazine groups is 1. The van der Waals surface area contributed by atoms with Gasteiger partial charge in [0.05, 0.1) is 6.04 Å². The third-order valence-electron chi connectivity index (χ3n) is 2.88. The van der Waals surface area contributed by atoms with Crippen LogP contribution in [0.25, 0.3) is 0 Å². The van der Waals surface area contributed by atoms with Gasteiger partial charge in [0, 0.05) is 0 Å². The first-order valence-electron chi connectivity index (χ1n) is 5.75. The average molecular weight is 266 g/mol. The van der Waals surface area contributed by atoms with Crippen molar-refractivity contribution in [2.24, 2.45) is 5.84 Å². The molecule has 0 bridgehead atoms. The molecule has 0 saturated carbocycles. The van der Waals surface area contributed by atoms with E-state index in [1.165, 1.54) is 18.2 Å². The summed E-state index contributed by atoms with van der Waals surface area (Å²) in [5.74, 6) is 3.96. The molecule has 1 atom stereocenters. The molecule has 0 heterocycles. The van der Waals surface area contributed by atoms with Gasteiger partial charge in [-0.15, -0.1) is 0 Å². The van der Waals surface area contributed by atoms with Crippen molar-refractivity contribution in [2.75, 3.05) is 0 Å². The van der Waals surface area contributed by atoms with Crippen LogP contribution in [-0.2, 0) is 6.42 Å². The molecule has 100 valence electrons. The second-order valence-corrected chi connectivity index (χ2v) is 4.21. The van der Waals surface area contributed by atoms with Crippen molar-refractivity contribution in [3.8, 4) is 0 Å². The first-order valence-corrected chi connectivity index (χ1v) is 5.75. The smallest absolute Gasteiger partial charge is 0.126 e. The summed E-state index contributed by atoms with van der Waals surface area (Å²) in [7, 11) is 0. The highest BCUT2D eigenvalue weighted by molar-refractivity contribution is 5.25. The summed E-state index contributed by atoms with van der Waals surface area (Å²) in [4.78, 5) is 0. The molecule has 0 fully saturated rings. The zero-order chi connectivity index (χ0) is 13.8. The molecule has 0 amide bonds. The summed E-state index contributed by atoms with van der Waals surface area (Å²) in [6.45, 7) is 0. The van der Waals surface area contributed by atoms with Crippen molar-refractivity contribution >= 4 is 0 Å². The molecule has 19 heavy (non-hydrogen) atoms. The Labute approximate surface area is 109 Å². The largest absolute Gasteiger partial charge is 0.271 e. The fourth-order valence-electron chi connectivity index (χ4n) is 1.92. The van der Waals surface area contributed by atoms with E-state index in [9.17, 15) is 13.2 Å². The monoisotopic (exact) mass is 266 g/mol. The second-order valence-electron chi connectivity index (χ2n) is 4.21. The predicted molar refractivity (Wildman–Crippen MR) is 66.5 cm³/mol. The van der Waals surface area contributed by atoms with E-state index < -0.39 is 23.5 Å². The van der Waals surface area contributed by atoms with Gasteiger partial charge in [0.15, 0.2) is 0 Å². The van der Waals surface area contributed by atoms with Gasteiger partial charge in [-0.25, -0.2) is 13.2 Å². The number of hydrogen-bond acceptors (Lipinski definition) is 2. The van der Waals surface area contributed by atoms with Gasteiger partial charge in [0.2, 0.25) is 0 Å². The van der Waals surface area contributed by atoms with Crippen LogP contribution in [-0.4, -0.2) is 0 Å². The highest BCUT2D eigenvalue weighted by atomic mass is 19.1. The van der Waals surface area contributed by atoms with Gasteiger partial charge in [-0.2, -0.15) is 0 Å². The third kappa shape index (κ3) is 3.33. The van der Waals surface area contributed by atoms with E-state index in [4.69, 9.17) is 5.84 Å². The Kier molecular flexibility index (Phi) is 4.19. The van der Waals surface area contributed by atoms with Gasteiger partial charge in [0.1, 0.15) is 17.5 Å². The van der Waals surface area contributed by atoms with Crippen molar-refractivity contribution in [3.63, 3.8) is 0 Å². The molecule has 3 N–H and O–H groups in total. The molecular formula is C14H13F3N2. The molecule has 0 radical (unpaired) electrons. The molecule has 2 nitrogen and oxygen atoms in total. The lowest BCUT2D eigenvalue weighted by Crippen LogP contribution is -2.29. The Morgan fingerprint density at radius 1 is 1.00 bits per heavy atom. The second kappa shape index (κ2) is 5.86. The van der Waals surface area contributed by atoms with Crippen LogP contribution >= 0.6 is 0 Å². The summed E-state index contributed by atoms with van der Waals surface area (Å²) < 4.78 is 39.8.